The molecule has 0 bridgehead atoms. The topological polar surface area (TPSA) is 65.1 Å². The van der Waals surface area contributed by atoms with Crippen molar-refractivity contribution in [1.29, 1.82) is 0 Å². The number of hydrogen-bond acceptors (Lipinski definition) is 3. The number of halogens is 5. The SMILES string of the molecule is O=S(=O)([O-])C1=CC2=C(c3ccc(Br)cc3)c3ccc(Cl)n3[B-](F)(F)[N+]2=C1Cl.[Na+]. The van der Waals surface area contributed by atoms with Crippen molar-refractivity contribution in [3.05, 3.63) is 74.0 Å². The van der Waals surface area contributed by atoms with E-state index in [1.165, 1.54) is 12.1 Å². The van der Waals surface area contributed by atoms with Gasteiger partial charge in [-0.3, -0.25) is 0 Å². The van der Waals surface area contributed by atoms with Crippen molar-refractivity contribution in [2.75, 3.05) is 0 Å². The molecule has 0 amide bonds. The molecule has 1 aromatic heterocycles. The second-order valence-electron chi connectivity index (χ2n) is 5.89. The molecule has 0 unspecified atom stereocenters. The van der Waals surface area contributed by atoms with Crippen LogP contribution in [0.15, 0.2) is 57.5 Å². The van der Waals surface area contributed by atoms with Crippen molar-refractivity contribution in [3.63, 3.8) is 0 Å². The van der Waals surface area contributed by atoms with E-state index in [2.05, 4.69) is 15.9 Å². The number of hydrogen-bond donors (Lipinski definition) is 0. The summed E-state index contributed by atoms with van der Waals surface area (Å²) in [5.74, 6) is 0. The standard InChI is InChI=1S/C15H8BBrCl2F2N2O3S.Na/c17-9-3-1-8(2-4-9)14-10-5-6-13(18)22(10)16(20,21)23-11(14)7-12(15(23)19)27(24,25)26;/h1-7H,(H,24,25,26);/q;+1/p-1. The average Bonchev–Trinajstić information content (AvgIpc) is 3.11. The van der Waals surface area contributed by atoms with Gasteiger partial charge in [0.15, 0.2) is 5.70 Å². The molecule has 3 heterocycles. The van der Waals surface area contributed by atoms with Crippen molar-refractivity contribution >= 4 is 67.0 Å². The predicted octanol–water partition coefficient (Wildman–Crippen LogP) is 0.996. The molecule has 4 rings (SSSR count). The van der Waals surface area contributed by atoms with Crippen LogP contribution in [0.5, 0.6) is 0 Å². The fourth-order valence-corrected chi connectivity index (χ4v) is 4.89. The van der Waals surface area contributed by atoms with Gasteiger partial charge in [0.05, 0.1) is 10.7 Å². The minimum absolute atomic E-state index is 0. The Morgan fingerprint density at radius 2 is 1.71 bits per heavy atom. The van der Waals surface area contributed by atoms with Crippen molar-refractivity contribution in [2.24, 2.45) is 0 Å². The van der Waals surface area contributed by atoms with Crippen molar-refractivity contribution < 1.29 is 55.6 Å². The van der Waals surface area contributed by atoms with Crippen LogP contribution in [0, 0.1) is 0 Å². The van der Waals surface area contributed by atoms with Gasteiger partial charge < -0.3 is 22.1 Å². The fraction of sp³-hybridized carbons (Fsp3) is 0. The molecule has 0 fully saturated rings. The molecule has 0 atom stereocenters. The second kappa shape index (κ2) is 7.35. The largest absolute Gasteiger partial charge is 1.00 e. The summed E-state index contributed by atoms with van der Waals surface area (Å²) in [4.78, 5) is -0.905. The Morgan fingerprint density at radius 1 is 1.11 bits per heavy atom. The molecule has 28 heavy (non-hydrogen) atoms. The molecule has 13 heteroatoms. The number of rotatable bonds is 2. The molecule has 0 spiro atoms. The summed E-state index contributed by atoms with van der Waals surface area (Å²) in [7, 11) is -5.06. The third-order valence-corrected chi connectivity index (χ3v) is 6.53. The first-order chi connectivity index (χ1) is 12.5. The molecule has 0 saturated heterocycles. The maximum atomic E-state index is 15.2. The smallest absolute Gasteiger partial charge is 0.744 e. The molecule has 2 aliphatic heterocycles. The first kappa shape index (κ1) is 22.2. The van der Waals surface area contributed by atoms with Crippen molar-refractivity contribution in [2.45, 2.75) is 0 Å². The van der Waals surface area contributed by atoms with Crippen LogP contribution in [0.1, 0.15) is 11.3 Å². The Balaban J connectivity index is 0.00000225. The van der Waals surface area contributed by atoms with Crippen LogP contribution in [0.4, 0.5) is 8.63 Å². The van der Waals surface area contributed by atoms with Crippen LogP contribution < -0.4 is 29.6 Å². The van der Waals surface area contributed by atoms with Gasteiger partial charge in [-0.2, -0.15) is 0 Å². The van der Waals surface area contributed by atoms with Crippen molar-refractivity contribution in [3.8, 4) is 0 Å². The molecule has 140 valence electrons. The molecule has 1 aromatic carbocycles. The Morgan fingerprint density at radius 3 is 2.29 bits per heavy atom. The first-order valence-corrected chi connectivity index (χ1v) is 10.4. The fourth-order valence-electron chi connectivity index (χ4n) is 3.25. The van der Waals surface area contributed by atoms with E-state index < -0.39 is 27.2 Å². The summed E-state index contributed by atoms with van der Waals surface area (Å²) in [6.07, 6.45) is 0.877. The minimum atomic E-state index is -5.06. The number of allylic oxidation sites excluding steroid dienone is 2. The summed E-state index contributed by atoms with van der Waals surface area (Å²) in [6, 6.07) is 9.46. The second-order valence-corrected chi connectivity index (χ2v) is 8.90. The Bertz CT molecular complexity index is 1210. The van der Waals surface area contributed by atoms with Gasteiger partial charge >= 0.3 is 36.5 Å². The zero-order valence-electron chi connectivity index (χ0n) is 14.0. The van der Waals surface area contributed by atoms with Gasteiger partial charge in [-0.25, -0.2) is 8.42 Å². The van der Waals surface area contributed by atoms with E-state index in [0.717, 1.165) is 10.5 Å². The van der Waals surface area contributed by atoms with E-state index in [4.69, 9.17) is 23.2 Å². The van der Waals surface area contributed by atoms with E-state index in [9.17, 15) is 13.0 Å². The Kier molecular flexibility index (Phi) is 5.84. The van der Waals surface area contributed by atoms with Gasteiger partial charge in [-0.05, 0) is 41.4 Å². The zero-order chi connectivity index (χ0) is 19.7. The third-order valence-electron chi connectivity index (χ3n) is 4.35. The quantitative estimate of drug-likeness (QED) is 0.441. The first-order valence-electron chi connectivity index (χ1n) is 7.43. The van der Waals surface area contributed by atoms with E-state index in [0.29, 0.717) is 14.5 Å². The number of fused-ring (bicyclic) bond motifs is 2. The van der Waals surface area contributed by atoms with E-state index in [1.54, 1.807) is 24.3 Å². The number of aromatic nitrogens is 1. The molecule has 0 saturated carbocycles. The van der Waals surface area contributed by atoms with Gasteiger partial charge in [-0.15, -0.1) is 0 Å². The monoisotopic (exact) mass is 516 g/mol. The molecule has 5 nitrogen and oxygen atoms in total. The molecule has 2 aliphatic rings. The van der Waals surface area contributed by atoms with Crippen LogP contribution >= 0.6 is 39.1 Å². The maximum Gasteiger partial charge on any atom is 1.00 e. The molecule has 2 aromatic rings. The summed E-state index contributed by atoms with van der Waals surface area (Å²) >= 11 is 15.2. The summed E-state index contributed by atoms with van der Waals surface area (Å²) in [5, 5.41) is -1.10. The third kappa shape index (κ3) is 3.28. The Hall–Kier alpha value is -0.455. The van der Waals surface area contributed by atoms with E-state index in [-0.39, 0.29) is 51.7 Å². The van der Waals surface area contributed by atoms with Gasteiger partial charge in [-0.1, -0.05) is 39.7 Å². The minimum Gasteiger partial charge on any atom is -0.744 e. The van der Waals surface area contributed by atoms with E-state index in [1.807, 2.05) is 0 Å². The maximum absolute atomic E-state index is 15.2. The van der Waals surface area contributed by atoms with Gasteiger partial charge in [0, 0.05) is 16.2 Å². The summed E-state index contributed by atoms with van der Waals surface area (Å²) in [5.41, 5.74) is 0.706. The van der Waals surface area contributed by atoms with Crippen LogP contribution in [-0.2, 0) is 10.1 Å². The van der Waals surface area contributed by atoms with Gasteiger partial charge in [0.2, 0.25) is 5.17 Å². The molecule has 0 radical (unpaired) electrons. The van der Waals surface area contributed by atoms with Crippen LogP contribution in [0.3, 0.4) is 0 Å². The predicted molar refractivity (Wildman–Crippen MR) is 102 cm³/mol. The van der Waals surface area contributed by atoms with Crippen LogP contribution in [0.2, 0.25) is 5.15 Å². The van der Waals surface area contributed by atoms with Crippen LogP contribution in [-0.4, -0.2) is 34.1 Å². The normalized spacial score (nSPS) is 17.9. The van der Waals surface area contributed by atoms with Crippen LogP contribution in [0.25, 0.3) is 5.57 Å². The zero-order valence-corrected chi connectivity index (χ0v) is 20.0. The Labute approximate surface area is 199 Å². The molecular formula is C15H7BBrCl2F2N2NaO3S. The number of nitrogens with zero attached hydrogens (tertiary/aromatic N) is 2. The molecule has 0 N–H and O–H groups in total. The number of benzene rings is 1. The summed E-state index contributed by atoms with van der Waals surface area (Å²) < 4.78 is 66.7. The van der Waals surface area contributed by atoms with Crippen molar-refractivity contribution in [1.82, 2.24) is 4.48 Å². The van der Waals surface area contributed by atoms with E-state index >= 15 is 8.63 Å². The average molecular weight is 518 g/mol. The van der Waals surface area contributed by atoms with Gasteiger partial charge in [0.1, 0.15) is 15.0 Å². The molecule has 0 aliphatic carbocycles. The van der Waals surface area contributed by atoms with Gasteiger partial charge in [0.25, 0.3) is 0 Å². The summed E-state index contributed by atoms with van der Waals surface area (Å²) in [6.45, 7) is -4.61. The molecular weight excluding hydrogens is 511 g/mol.